The van der Waals surface area contributed by atoms with Crippen molar-refractivity contribution in [3.05, 3.63) is 47.2 Å². The quantitative estimate of drug-likeness (QED) is 0.867. The molecule has 1 aliphatic carbocycles. The van der Waals surface area contributed by atoms with E-state index in [-0.39, 0.29) is 11.7 Å². The van der Waals surface area contributed by atoms with E-state index >= 15 is 0 Å². The van der Waals surface area contributed by atoms with Crippen molar-refractivity contribution in [1.82, 2.24) is 0 Å². The molecule has 0 bridgehead atoms. The molecule has 19 heavy (non-hydrogen) atoms. The van der Waals surface area contributed by atoms with E-state index in [0.29, 0.717) is 25.0 Å². The number of allylic oxidation sites excluding steroid dienone is 2. The Hall–Kier alpha value is -1.57. The van der Waals surface area contributed by atoms with Crippen LogP contribution in [0, 0.1) is 5.92 Å². The van der Waals surface area contributed by atoms with Crippen molar-refractivity contribution in [3.63, 3.8) is 0 Å². The summed E-state index contributed by atoms with van der Waals surface area (Å²) < 4.78 is 0. The highest BCUT2D eigenvalue weighted by Gasteiger charge is 2.21. The average molecular weight is 258 g/mol. The lowest BCUT2D eigenvalue weighted by atomic mass is 9.88. The van der Waals surface area contributed by atoms with Crippen molar-refractivity contribution in [2.24, 2.45) is 5.92 Å². The van der Waals surface area contributed by atoms with Crippen LogP contribution >= 0.6 is 0 Å². The number of benzene rings is 1. The summed E-state index contributed by atoms with van der Waals surface area (Å²) in [5.41, 5.74) is 2.53. The molecule has 1 aromatic rings. The van der Waals surface area contributed by atoms with E-state index in [4.69, 9.17) is 0 Å². The third-order valence-corrected chi connectivity index (χ3v) is 3.73. The number of hydrogen-bond acceptors (Lipinski definition) is 2. The fourth-order valence-corrected chi connectivity index (χ4v) is 2.49. The number of carbonyl (C=O) groups is 1. The molecule has 1 aromatic carbocycles. The monoisotopic (exact) mass is 258 g/mol. The van der Waals surface area contributed by atoms with Crippen molar-refractivity contribution in [3.8, 4) is 0 Å². The van der Waals surface area contributed by atoms with Crippen LogP contribution in [0.25, 0.3) is 0 Å². The van der Waals surface area contributed by atoms with Gasteiger partial charge in [0.15, 0.2) is 0 Å². The van der Waals surface area contributed by atoms with Crippen molar-refractivity contribution < 1.29 is 9.90 Å². The molecule has 2 rings (SSSR count). The Bertz CT molecular complexity index is 457. The highest BCUT2D eigenvalue weighted by Crippen LogP contribution is 2.22. The number of aliphatic hydroxyl groups excluding tert-OH is 1. The van der Waals surface area contributed by atoms with Crippen LogP contribution in [-0.4, -0.2) is 10.9 Å². The molecule has 0 fully saturated rings. The first kappa shape index (κ1) is 13.9. The van der Waals surface area contributed by atoms with Gasteiger partial charge in [0, 0.05) is 18.8 Å². The van der Waals surface area contributed by atoms with Crippen LogP contribution in [-0.2, 0) is 17.6 Å². The number of rotatable bonds is 5. The number of aryl methyl sites for hydroxylation is 1. The third-order valence-electron chi connectivity index (χ3n) is 3.73. The standard InChI is InChI=1S/C17H22O2/c1-2-3-4-13-5-7-14(8-6-13)11-15-12-16(18)9-10-17(15)19/h5-8,12,15,18H,2-4,9-11H2,1H3. The van der Waals surface area contributed by atoms with Gasteiger partial charge in [-0.05, 0) is 36.5 Å². The largest absolute Gasteiger partial charge is 0.513 e. The van der Waals surface area contributed by atoms with Gasteiger partial charge in [-0.15, -0.1) is 0 Å². The lowest BCUT2D eigenvalue weighted by Crippen LogP contribution is -2.19. The summed E-state index contributed by atoms with van der Waals surface area (Å²) in [5.74, 6) is 0.465. The molecule has 0 aromatic heterocycles. The lowest BCUT2D eigenvalue weighted by molar-refractivity contribution is -0.122. The van der Waals surface area contributed by atoms with Crippen LogP contribution in [0.2, 0.25) is 0 Å². The van der Waals surface area contributed by atoms with Crippen LogP contribution in [0.5, 0.6) is 0 Å². The molecule has 0 saturated heterocycles. The predicted molar refractivity (Wildman–Crippen MR) is 77.2 cm³/mol. The molecule has 1 unspecified atom stereocenters. The van der Waals surface area contributed by atoms with Gasteiger partial charge in [0.25, 0.3) is 0 Å². The molecular weight excluding hydrogens is 236 g/mol. The number of aliphatic hydroxyl groups is 1. The Morgan fingerprint density at radius 1 is 1.16 bits per heavy atom. The summed E-state index contributed by atoms with van der Waals surface area (Å²) in [4.78, 5) is 11.8. The lowest BCUT2D eigenvalue weighted by Gasteiger charge is -2.17. The minimum Gasteiger partial charge on any atom is -0.513 e. The maximum atomic E-state index is 11.8. The second-order valence-corrected chi connectivity index (χ2v) is 5.35. The van der Waals surface area contributed by atoms with Crippen molar-refractivity contribution in [1.29, 1.82) is 0 Å². The van der Waals surface area contributed by atoms with Gasteiger partial charge >= 0.3 is 0 Å². The summed E-state index contributed by atoms with van der Waals surface area (Å²) in [6.45, 7) is 2.20. The molecule has 2 nitrogen and oxygen atoms in total. The van der Waals surface area contributed by atoms with Gasteiger partial charge < -0.3 is 5.11 Å². The Labute approximate surface area is 115 Å². The van der Waals surface area contributed by atoms with Crippen molar-refractivity contribution in [2.75, 3.05) is 0 Å². The number of hydrogen-bond donors (Lipinski definition) is 1. The van der Waals surface area contributed by atoms with Gasteiger partial charge in [-0.2, -0.15) is 0 Å². The molecule has 0 saturated carbocycles. The molecule has 1 N–H and O–H groups in total. The molecule has 0 aliphatic heterocycles. The van der Waals surface area contributed by atoms with E-state index in [1.54, 1.807) is 6.08 Å². The minimum absolute atomic E-state index is 0.143. The molecule has 1 aliphatic rings. The second kappa shape index (κ2) is 6.55. The Morgan fingerprint density at radius 2 is 1.84 bits per heavy atom. The SMILES string of the molecule is CCCCc1ccc(CC2C=C(O)CCC2=O)cc1. The molecule has 0 spiro atoms. The van der Waals surface area contributed by atoms with Crippen LogP contribution in [0.1, 0.15) is 43.7 Å². The molecule has 102 valence electrons. The molecule has 2 heteroatoms. The summed E-state index contributed by atoms with van der Waals surface area (Å²) >= 11 is 0. The number of ketones is 1. The summed E-state index contributed by atoms with van der Waals surface area (Å²) in [7, 11) is 0. The molecular formula is C17H22O2. The van der Waals surface area contributed by atoms with Crippen LogP contribution < -0.4 is 0 Å². The number of unbranched alkanes of at least 4 members (excludes halogenated alkanes) is 1. The maximum Gasteiger partial charge on any atom is 0.140 e. The van der Waals surface area contributed by atoms with Gasteiger partial charge in [-0.3, -0.25) is 4.79 Å². The topological polar surface area (TPSA) is 37.3 Å². The third kappa shape index (κ3) is 3.95. The fraction of sp³-hybridized carbons (Fsp3) is 0.471. The average Bonchev–Trinajstić information content (AvgIpc) is 2.42. The first-order chi connectivity index (χ1) is 9.19. The van der Waals surface area contributed by atoms with Gasteiger partial charge in [-0.1, -0.05) is 37.6 Å². The first-order valence-electron chi connectivity index (χ1n) is 7.19. The number of Topliss-reactive ketones (excluding diaryl/α,β-unsaturated/α-hetero) is 1. The predicted octanol–water partition coefficient (Wildman–Crippen LogP) is 3.99. The highest BCUT2D eigenvalue weighted by molar-refractivity contribution is 5.84. The van der Waals surface area contributed by atoms with Gasteiger partial charge in [0.05, 0.1) is 5.76 Å². The first-order valence-corrected chi connectivity index (χ1v) is 7.19. The Kier molecular flexibility index (Phi) is 4.78. The smallest absolute Gasteiger partial charge is 0.140 e. The zero-order valence-corrected chi connectivity index (χ0v) is 11.6. The summed E-state index contributed by atoms with van der Waals surface area (Å²) in [5, 5.41) is 9.53. The molecule has 0 radical (unpaired) electrons. The second-order valence-electron chi connectivity index (χ2n) is 5.35. The van der Waals surface area contributed by atoms with E-state index in [2.05, 4.69) is 31.2 Å². The minimum atomic E-state index is -0.143. The summed E-state index contributed by atoms with van der Waals surface area (Å²) in [6.07, 6.45) is 6.96. The van der Waals surface area contributed by atoms with Gasteiger partial charge in [0.2, 0.25) is 0 Å². The van der Waals surface area contributed by atoms with Crippen LogP contribution in [0.3, 0.4) is 0 Å². The zero-order chi connectivity index (χ0) is 13.7. The number of carbonyl (C=O) groups excluding carboxylic acids is 1. The van der Waals surface area contributed by atoms with Crippen LogP contribution in [0.4, 0.5) is 0 Å². The summed E-state index contributed by atoms with van der Waals surface area (Å²) in [6, 6.07) is 8.53. The van der Waals surface area contributed by atoms with E-state index in [9.17, 15) is 9.90 Å². The van der Waals surface area contributed by atoms with Crippen molar-refractivity contribution in [2.45, 2.75) is 45.4 Å². The normalized spacial score (nSPS) is 19.3. The van der Waals surface area contributed by atoms with E-state index in [0.717, 1.165) is 6.42 Å². The van der Waals surface area contributed by atoms with Crippen LogP contribution in [0.15, 0.2) is 36.1 Å². The maximum absolute atomic E-state index is 11.8. The Balaban J connectivity index is 1.99. The van der Waals surface area contributed by atoms with E-state index in [1.807, 2.05) is 0 Å². The Morgan fingerprint density at radius 3 is 2.53 bits per heavy atom. The molecule has 0 amide bonds. The zero-order valence-electron chi connectivity index (χ0n) is 11.6. The molecule has 0 heterocycles. The van der Waals surface area contributed by atoms with Gasteiger partial charge in [0.1, 0.15) is 5.78 Å². The fourth-order valence-electron chi connectivity index (χ4n) is 2.49. The van der Waals surface area contributed by atoms with Gasteiger partial charge in [-0.25, -0.2) is 0 Å². The van der Waals surface area contributed by atoms with E-state index in [1.165, 1.54) is 24.0 Å². The highest BCUT2D eigenvalue weighted by atomic mass is 16.3. The van der Waals surface area contributed by atoms with E-state index < -0.39 is 0 Å². The molecule has 1 atom stereocenters. The van der Waals surface area contributed by atoms with Crippen molar-refractivity contribution >= 4 is 5.78 Å².